The third kappa shape index (κ3) is 3.40. The summed E-state index contributed by atoms with van der Waals surface area (Å²) < 4.78 is 5.37. The minimum atomic E-state index is -0.355. The van der Waals surface area contributed by atoms with Gasteiger partial charge in [0.15, 0.2) is 0 Å². The largest absolute Gasteiger partial charge is 0.378 e. The predicted octanol–water partition coefficient (Wildman–Crippen LogP) is 1.39. The molecule has 0 aliphatic carbocycles. The maximum absolute atomic E-state index is 12.9. The van der Waals surface area contributed by atoms with Crippen molar-refractivity contribution in [2.24, 2.45) is 5.41 Å². The summed E-state index contributed by atoms with van der Waals surface area (Å²) in [5.74, 6) is 1.10. The molecule has 146 valence electrons. The van der Waals surface area contributed by atoms with E-state index in [-0.39, 0.29) is 17.2 Å². The zero-order chi connectivity index (χ0) is 18.9. The van der Waals surface area contributed by atoms with E-state index in [9.17, 15) is 9.59 Å². The fraction of sp³-hybridized carbons (Fsp3) is 0.650. The molecule has 4 rings (SSSR count). The monoisotopic (exact) mass is 372 g/mol. The summed E-state index contributed by atoms with van der Waals surface area (Å²) >= 11 is 0. The fourth-order valence-electron chi connectivity index (χ4n) is 4.48. The number of rotatable bonds is 4. The Bertz CT molecular complexity index is 702. The lowest BCUT2D eigenvalue weighted by atomic mass is 9.85. The van der Waals surface area contributed by atoms with E-state index < -0.39 is 0 Å². The van der Waals surface area contributed by atoms with E-state index in [2.05, 4.69) is 16.8 Å². The smallest absolute Gasteiger partial charge is 0.255 e. The second kappa shape index (κ2) is 7.46. The van der Waals surface area contributed by atoms with Crippen LogP contribution in [0.15, 0.2) is 18.3 Å². The average Bonchev–Trinajstić information content (AvgIpc) is 3.28. The molecule has 3 aliphatic rings. The van der Waals surface area contributed by atoms with Crippen LogP contribution in [-0.2, 0) is 9.53 Å². The Balaban J connectivity index is 1.41. The average molecular weight is 372 g/mol. The van der Waals surface area contributed by atoms with Gasteiger partial charge in [-0.25, -0.2) is 4.98 Å². The van der Waals surface area contributed by atoms with Crippen molar-refractivity contribution in [3.63, 3.8) is 0 Å². The molecule has 1 atom stereocenters. The van der Waals surface area contributed by atoms with Crippen LogP contribution in [0, 0.1) is 5.41 Å². The lowest BCUT2D eigenvalue weighted by molar-refractivity contribution is -0.135. The number of likely N-dealkylation sites (tertiary alicyclic amines) is 2. The number of nitrogens with zero attached hydrogens (tertiary/aromatic N) is 4. The Labute approximate surface area is 160 Å². The predicted molar refractivity (Wildman–Crippen MR) is 102 cm³/mol. The fourth-order valence-corrected chi connectivity index (χ4v) is 4.48. The zero-order valence-corrected chi connectivity index (χ0v) is 16.0. The van der Waals surface area contributed by atoms with Gasteiger partial charge in [0.25, 0.3) is 5.91 Å². The van der Waals surface area contributed by atoms with E-state index >= 15 is 0 Å². The molecule has 3 aliphatic heterocycles. The SMILES string of the molecule is CCCN1CCC2(CCN(C(=O)c3ccc(N4CCOCC4)nc3)C2)C1=O. The van der Waals surface area contributed by atoms with Crippen molar-refractivity contribution in [1.82, 2.24) is 14.8 Å². The minimum Gasteiger partial charge on any atom is -0.378 e. The van der Waals surface area contributed by atoms with Gasteiger partial charge in [-0.2, -0.15) is 0 Å². The number of anilines is 1. The molecule has 0 aromatic carbocycles. The van der Waals surface area contributed by atoms with Crippen molar-refractivity contribution in [3.8, 4) is 0 Å². The highest BCUT2D eigenvalue weighted by Gasteiger charge is 2.51. The molecule has 2 amide bonds. The quantitative estimate of drug-likeness (QED) is 0.799. The lowest BCUT2D eigenvalue weighted by Gasteiger charge is -2.28. The van der Waals surface area contributed by atoms with Gasteiger partial charge in [-0.1, -0.05) is 6.92 Å². The number of ether oxygens (including phenoxy) is 1. The first-order valence-corrected chi connectivity index (χ1v) is 10.0. The molecule has 0 N–H and O–H groups in total. The summed E-state index contributed by atoms with van der Waals surface area (Å²) in [7, 11) is 0. The van der Waals surface area contributed by atoms with Crippen LogP contribution in [0.1, 0.15) is 36.5 Å². The third-order valence-corrected chi connectivity index (χ3v) is 6.07. The molecule has 1 aromatic heterocycles. The summed E-state index contributed by atoms with van der Waals surface area (Å²) in [4.78, 5) is 36.2. The Kier molecular flexibility index (Phi) is 5.04. The Hall–Kier alpha value is -2.15. The highest BCUT2D eigenvalue weighted by Crippen LogP contribution is 2.41. The Morgan fingerprint density at radius 3 is 2.67 bits per heavy atom. The number of amides is 2. The molecule has 7 nitrogen and oxygen atoms in total. The maximum atomic E-state index is 12.9. The molecule has 0 saturated carbocycles. The first kappa shape index (κ1) is 18.2. The molecule has 4 heterocycles. The third-order valence-electron chi connectivity index (χ3n) is 6.07. The molecular weight excluding hydrogens is 344 g/mol. The van der Waals surface area contributed by atoms with Gasteiger partial charge in [0.05, 0.1) is 24.2 Å². The van der Waals surface area contributed by atoms with E-state index in [1.165, 1.54) is 0 Å². The van der Waals surface area contributed by atoms with Crippen molar-refractivity contribution in [2.75, 3.05) is 57.4 Å². The standard InChI is InChI=1S/C20H28N4O3/c1-2-7-23-8-5-20(19(23)26)6-9-24(15-20)18(25)16-3-4-17(21-14-16)22-10-12-27-13-11-22/h3-4,14H,2,5-13,15H2,1H3. The van der Waals surface area contributed by atoms with Crippen LogP contribution in [0.4, 0.5) is 5.82 Å². The summed E-state index contributed by atoms with van der Waals surface area (Å²) in [6.07, 6.45) is 4.28. The lowest BCUT2D eigenvalue weighted by Crippen LogP contribution is -2.38. The summed E-state index contributed by atoms with van der Waals surface area (Å²) in [5.41, 5.74) is 0.242. The topological polar surface area (TPSA) is 66.0 Å². The van der Waals surface area contributed by atoms with E-state index in [1.807, 2.05) is 21.9 Å². The van der Waals surface area contributed by atoms with Gasteiger partial charge in [-0.3, -0.25) is 9.59 Å². The molecule has 1 spiro atoms. The number of hydrogen-bond acceptors (Lipinski definition) is 5. The molecule has 3 fully saturated rings. The van der Waals surface area contributed by atoms with Crippen molar-refractivity contribution < 1.29 is 14.3 Å². The van der Waals surface area contributed by atoms with Gasteiger partial charge in [0, 0.05) is 45.5 Å². The molecule has 0 bridgehead atoms. The van der Waals surface area contributed by atoms with Crippen LogP contribution in [0.5, 0.6) is 0 Å². The summed E-state index contributed by atoms with van der Waals surface area (Å²) in [6, 6.07) is 3.76. The molecular formula is C20H28N4O3. The van der Waals surface area contributed by atoms with Crippen molar-refractivity contribution >= 4 is 17.6 Å². The first-order chi connectivity index (χ1) is 13.1. The second-order valence-electron chi connectivity index (χ2n) is 7.80. The van der Waals surface area contributed by atoms with Gasteiger partial charge in [0.2, 0.25) is 5.91 Å². The van der Waals surface area contributed by atoms with Crippen LogP contribution in [0.3, 0.4) is 0 Å². The number of hydrogen-bond donors (Lipinski definition) is 0. The number of morpholine rings is 1. The van der Waals surface area contributed by atoms with Gasteiger partial charge in [0.1, 0.15) is 5.82 Å². The Morgan fingerprint density at radius 1 is 1.19 bits per heavy atom. The molecule has 0 radical (unpaired) electrons. The maximum Gasteiger partial charge on any atom is 0.255 e. The highest BCUT2D eigenvalue weighted by atomic mass is 16.5. The van der Waals surface area contributed by atoms with Gasteiger partial charge in [-0.05, 0) is 31.4 Å². The number of carbonyl (C=O) groups is 2. The normalized spacial score (nSPS) is 25.7. The molecule has 1 unspecified atom stereocenters. The van der Waals surface area contributed by atoms with Crippen molar-refractivity contribution in [3.05, 3.63) is 23.9 Å². The van der Waals surface area contributed by atoms with Crippen LogP contribution in [0.25, 0.3) is 0 Å². The van der Waals surface area contributed by atoms with Gasteiger partial charge >= 0.3 is 0 Å². The molecule has 3 saturated heterocycles. The number of carbonyl (C=O) groups excluding carboxylic acids is 2. The summed E-state index contributed by atoms with van der Waals surface area (Å²) in [6.45, 7) is 7.99. The van der Waals surface area contributed by atoms with E-state index in [4.69, 9.17) is 4.74 Å². The van der Waals surface area contributed by atoms with Crippen LogP contribution >= 0.6 is 0 Å². The Morgan fingerprint density at radius 2 is 1.96 bits per heavy atom. The zero-order valence-electron chi connectivity index (χ0n) is 16.0. The first-order valence-electron chi connectivity index (χ1n) is 10.0. The van der Waals surface area contributed by atoms with Crippen LogP contribution in [0.2, 0.25) is 0 Å². The van der Waals surface area contributed by atoms with E-state index in [0.29, 0.717) is 31.9 Å². The summed E-state index contributed by atoms with van der Waals surface area (Å²) in [5, 5.41) is 0. The second-order valence-corrected chi connectivity index (χ2v) is 7.80. The minimum absolute atomic E-state index is 0.0188. The van der Waals surface area contributed by atoms with Crippen molar-refractivity contribution in [2.45, 2.75) is 26.2 Å². The number of aromatic nitrogens is 1. The molecule has 27 heavy (non-hydrogen) atoms. The molecule has 7 heteroatoms. The number of pyridine rings is 1. The van der Waals surface area contributed by atoms with Gasteiger partial charge in [-0.15, -0.1) is 0 Å². The van der Waals surface area contributed by atoms with Crippen LogP contribution in [-0.4, -0.2) is 79.1 Å². The van der Waals surface area contributed by atoms with Crippen molar-refractivity contribution in [1.29, 1.82) is 0 Å². The van der Waals surface area contributed by atoms with Gasteiger partial charge < -0.3 is 19.4 Å². The van der Waals surface area contributed by atoms with E-state index in [0.717, 1.165) is 51.3 Å². The molecule has 1 aromatic rings. The van der Waals surface area contributed by atoms with Crippen LogP contribution < -0.4 is 4.90 Å². The highest BCUT2D eigenvalue weighted by molar-refractivity contribution is 5.95. The van der Waals surface area contributed by atoms with E-state index in [1.54, 1.807) is 6.20 Å².